The first-order valence-electron chi connectivity index (χ1n) is 20.3. The number of hydrogen-bond acceptors (Lipinski definition) is 10. The molecule has 0 aliphatic heterocycles. The van der Waals surface area contributed by atoms with E-state index >= 15 is 0 Å². The molecule has 312 valence electrons. The molecule has 1 unspecified atom stereocenters. The molecule has 0 heterocycles. The van der Waals surface area contributed by atoms with Gasteiger partial charge in [-0.2, -0.15) is 0 Å². The van der Waals surface area contributed by atoms with Gasteiger partial charge in [0.25, 0.3) is 0 Å². The fraction of sp³-hybridized carbons (Fsp3) is 0.714. The number of unbranched alkanes of at least 4 members (excludes halogenated alkanes) is 11. The number of aliphatic hydroxyl groups is 3. The predicted octanol–water partition coefficient (Wildman–Crippen LogP) is 9.30. The first-order valence-corrected chi connectivity index (χ1v) is 21.8. The van der Waals surface area contributed by atoms with Gasteiger partial charge in [-0.1, -0.05) is 106 Å². The van der Waals surface area contributed by atoms with Gasteiger partial charge in [0, 0.05) is 12.8 Å². The maximum Gasteiger partial charge on any atom is 0.472 e. The lowest BCUT2D eigenvalue weighted by molar-refractivity contribution is -0.161. The minimum Gasteiger partial charge on any atom is -0.462 e. The van der Waals surface area contributed by atoms with Crippen molar-refractivity contribution >= 4 is 19.8 Å². The van der Waals surface area contributed by atoms with Crippen LogP contribution < -0.4 is 0 Å². The van der Waals surface area contributed by atoms with Crippen molar-refractivity contribution in [1.82, 2.24) is 0 Å². The Balaban J connectivity index is 4.46. The van der Waals surface area contributed by atoms with Gasteiger partial charge in [-0.3, -0.25) is 18.6 Å². The van der Waals surface area contributed by atoms with E-state index < -0.39 is 51.8 Å². The van der Waals surface area contributed by atoms with Gasteiger partial charge in [0.05, 0.1) is 25.9 Å². The topological polar surface area (TPSA) is 169 Å². The van der Waals surface area contributed by atoms with E-state index in [0.717, 1.165) is 77.0 Å². The van der Waals surface area contributed by atoms with E-state index in [-0.39, 0.29) is 25.6 Å². The maximum atomic E-state index is 12.6. The van der Waals surface area contributed by atoms with Crippen LogP contribution in [0.1, 0.15) is 149 Å². The minimum absolute atomic E-state index is 0.0924. The molecule has 0 radical (unpaired) electrons. The van der Waals surface area contributed by atoms with Crippen molar-refractivity contribution in [1.29, 1.82) is 0 Å². The number of allylic oxidation sites excluding steroid dienone is 10. The molecule has 0 amide bonds. The van der Waals surface area contributed by atoms with Crippen molar-refractivity contribution in [2.24, 2.45) is 0 Å². The van der Waals surface area contributed by atoms with Crippen molar-refractivity contribution in [2.45, 2.75) is 167 Å². The molecule has 12 heteroatoms. The van der Waals surface area contributed by atoms with Crippen LogP contribution in [-0.2, 0) is 32.7 Å². The quantitative estimate of drug-likeness (QED) is 0.0205. The molecule has 0 spiro atoms. The molecule has 0 aromatic heterocycles. The first kappa shape index (κ1) is 51.6. The maximum absolute atomic E-state index is 12.6. The van der Waals surface area contributed by atoms with E-state index in [1.54, 1.807) is 0 Å². The van der Waals surface area contributed by atoms with Crippen LogP contribution in [0.25, 0.3) is 0 Å². The Morgan fingerprint density at radius 1 is 0.611 bits per heavy atom. The zero-order valence-electron chi connectivity index (χ0n) is 33.3. The average molecular weight is 785 g/mol. The average Bonchev–Trinajstić information content (AvgIpc) is 3.14. The van der Waals surface area contributed by atoms with Crippen LogP contribution in [0.5, 0.6) is 0 Å². The van der Waals surface area contributed by atoms with Crippen molar-refractivity contribution in [3.63, 3.8) is 0 Å². The number of carbonyl (C=O) groups is 2. The third-order valence-corrected chi connectivity index (χ3v) is 9.11. The number of carbonyl (C=O) groups excluding carboxylic acids is 2. The van der Waals surface area contributed by atoms with Crippen LogP contribution >= 0.6 is 7.82 Å². The van der Waals surface area contributed by atoms with Crippen molar-refractivity contribution in [3.05, 3.63) is 60.8 Å². The molecule has 0 bridgehead atoms. The fourth-order valence-electron chi connectivity index (χ4n) is 5.00. The van der Waals surface area contributed by atoms with Gasteiger partial charge < -0.3 is 29.7 Å². The Hall–Kier alpha value is -2.37. The molecule has 0 saturated carbocycles. The molecule has 0 saturated heterocycles. The fourth-order valence-corrected chi connectivity index (χ4v) is 5.79. The lowest BCUT2D eigenvalue weighted by atomic mass is 10.1. The second-order valence-corrected chi connectivity index (χ2v) is 15.0. The second kappa shape index (κ2) is 37.5. The molecule has 4 atom stereocenters. The normalized spacial score (nSPS) is 15.1. The zero-order valence-corrected chi connectivity index (χ0v) is 34.2. The summed E-state index contributed by atoms with van der Waals surface area (Å²) in [6.07, 6.45) is 37.5. The van der Waals surface area contributed by atoms with Crippen LogP contribution in [0.2, 0.25) is 0 Å². The van der Waals surface area contributed by atoms with Crippen LogP contribution in [-0.4, -0.2) is 76.9 Å². The second-order valence-electron chi connectivity index (χ2n) is 13.6. The summed E-state index contributed by atoms with van der Waals surface area (Å²) >= 11 is 0. The standard InChI is InChI=1S/C42H73O11P/c1-3-4-5-6-7-8-9-13-17-20-23-26-29-32-41(46)50-36-40(37-52-54(48,49)51-35-39(45)34-43)53-42(47)33-30-27-24-21-18-15-12-10-11-14-16-19-22-25-28-31-38(2)44/h8-9,11-12,14-15,19,21-22,24,38-40,43-45H,3-7,10,13,16-18,20,23,25-37H2,1-2H3,(H,48,49)/b9-8-,14-11-,15-12-,22-19-,24-21-/t38-,39-,40+/m0/s1. The molecule has 11 nitrogen and oxygen atoms in total. The monoisotopic (exact) mass is 784 g/mol. The Labute approximate surface area is 326 Å². The highest BCUT2D eigenvalue weighted by Gasteiger charge is 2.27. The first-order chi connectivity index (χ1) is 26.1. The van der Waals surface area contributed by atoms with Crippen LogP contribution in [0, 0.1) is 0 Å². The number of ether oxygens (including phenoxy) is 2. The van der Waals surface area contributed by atoms with Gasteiger partial charge in [0.1, 0.15) is 12.7 Å². The Kier molecular flexibility index (Phi) is 35.9. The van der Waals surface area contributed by atoms with Crippen LogP contribution in [0.3, 0.4) is 0 Å². The number of hydrogen-bond donors (Lipinski definition) is 4. The number of phosphoric acid groups is 1. The highest BCUT2D eigenvalue weighted by molar-refractivity contribution is 7.47. The van der Waals surface area contributed by atoms with Crippen LogP contribution in [0.4, 0.5) is 0 Å². The molecule has 4 N–H and O–H groups in total. The number of esters is 2. The van der Waals surface area contributed by atoms with Gasteiger partial charge in [-0.05, 0) is 90.4 Å². The molecule has 0 aliphatic carbocycles. The van der Waals surface area contributed by atoms with E-state index in [2.05, 4.69) is 60.1 Å². The lowest BCUT2D eigenvalue weighted by Gasteiger charge is -2.20. The number of rotatable bonds is 37. The van der Waals surface area contributed by atoms with E-state index in [1.165, 1.54) is 25.7 Å². The molecule has 0 rings (SSSR count). The third-order valence-electron chi connectivity index (χ3n) is 8.16. The summed E-state index contributed by atoms with van der Waals surface area (Å²) in [7, 11) is -4.64. The zero-order chi connectivity index (χ0) is 40.0. The Morgan fingerprint density at radius 2 is 1.09 bits per heavy atom. The summed E-state index contributed by atoms with van der Waals surface area (Å²) in [5.74, 6) is -1.02. The molecule has 54 heavy (non-hydrogen) atoms. The van der Waals surface area contributed by atoms with Crippen LogP contribution in [0.15, 0.2) is 60.8 Å². The minimum atomic E-state index is -4.64. The molecule has 0 aromatic rings. The summed E-state index contributed by atoms with van der Waals surface area (Å²) in [4.78, 5) is 34.9. The molecule has 0 fully saturated rings. The molecule has 0 aliphatic rings. The highest BCUT2D eigenvalue weighted by Crippen LogP contribution is 2.43. The van der Waals surface area contributed by atoms with Gasteiger partial charge in [-0.15, -0.1) is 0 Å². The molecule has 0 aromatic carbocycles. The van der Waals surface area contributed by atoms with Crippen molar-refractivity contribution in [2.75, 3.05) is 26.4 Å². The highest BCUT2D eigenvalue weighted by atomic mass is 31.2. The SMILES string of the molecule is CCCCCC/C=C\CCCCCCCC(=O)OC[C@H](COP(=O)(O)OC[C@@H](O)CO)OC(=O)CCC/C=C\C/C=C\C/C=C\C/C=C\CCC[C@H](C)O. The summed E-state index contributed by atoms with van der Waals surface area (Å²) in [5, 5.41) is 27.5. The van der Waals surface area contributed by atoms with E-state index in [4.69, 9.17) is 19.1 Å². The van der Waals surface area contributed by atoms with Gasteiger partial charge >= 0.3 is 19.8 Å². The van der Waals surface area contributed by atoms with E-state index in [1.807, 2.05) is 19.1 Å². The van der Waals surface area contributed by atoms with Gasteiger partial charge in [0.15, 0.2) is 6.10 Å². The molecular formula is C42H73O11P. The summed E-state index contributed by atoms with van der Waals surface area (Å²) < 4.78 is 32.5. The van der Waals surface area contributed by atoms with Gasteiger partial charge in [-0.25, -0.2) is 4.57 Å². The smallest absolute Gasteiger partial charge is 0.462 e. The van der Waals surface area contributed by atoms with Crippen molar-refractivity contribution in [3.8, 4) is 0 Å². The largest absolute Gasteiger partial charge is 0.472 e. The van der Waals surface area contributed by atoms with E-state index in [9.17, 15) is 29.3 Å². The predicted molar refractivity (Wildman–Crippen MR) is 216 cm³/mol. The Bertz CT molecular complexity index is 1100. The Morgan fingerprint density at radius 3 is 1.69 bits per heavy atom. The van der Waals surface area contributed by atoms with Gasteiger partial charge in [0.2, 0.25) is 0 Å². The summed E-state index contributed by atoms with van der Waals surface area (Å²) in [6.45, 7) is 1.81. The van der Waals surface area contributed by atoms with E-state index in [0.29, 0.717) is 19.3 Å². The summed E-state index contributed by atoms with van der Waals surface area (Å²) in [6, 6.07) is 0. The lowest BCUT2D eigenvalue weighted by Crippen LogP contribution is -2.29. The van der Waals surface area contributed by atoms with Crippen molar-refractivity contribution < 1.29 is 52.9 Å². The third kappa shape index (κ3) is 37.9. The number of phosphoric ester groups is 1. The molecular weight excluding hydrogens is 711 g/mol. The number of aliphatic hydroxyl groups excluding tert-OH is 3. The summed E-state index contributed by atoms with van der Waals surface area (Å²) in [5.41, 5.74) is 0.